The molecule has 3 nitrogen and oxygen atoms in total. The monoisotopic (exact) mass is 733 g/mol. The maximum atomic E-state index is 6.85. The molecule has 0 fully saturated rings. The summed E-state index contributed by atoms with van der Waals surface area (Å²) in [5.41, 5.74) is 11.0. The summed E-state index contributed by atoms with van der Waals surface area (Å²) in [4.78, 5) is 2.33. The Labute approximate surface area is 325 Å². The Morgan fingerprint density at radius 1 is 0.393 bits per heavy atom. The smallest absolute Gasteiger partial charge is 0.159 e. The predicted molar refractivity (Wildman–Crippen MR) is 237 cm³/mol. The molecule has 9 aromatic carbocycles. The minimum absolute atomic E-state index is 0.833. The second kappa shape index (κ2) is 12.2. The predicted octanol–water partition coefficient (Wildman–Crippen LogP) is 15.8. The van der Waals surface area contributed by atoms with Gasteiger partial charge in [-0.1, -0.05) is 127 Å². The van der Waals surface area contributed by atoms with Gasteiger partial charge in [-0.15, -0.1) is 11.3 Å². The van der Waals surface area contributed by atoms with Gasteiger partial charge in [-0.3, -0.25) is 0 Å². The molecule has 4 heteroatoms. The zero-order valence-electron chi connectivity index (χ0n) is 30.1. The maximum absolute atomic E-state index is 6.85. The number of para-hydroxylation sites is 3. The van der Waals surface area contributed by atoms with Gasteiger partial charge in [0.2, 0.25) is 0 Å². The summed E-state index contributed by atoms with van der Waals surface area (Å²) in [7, 11) is 0. The highest BCUT2D eigenvalue weighted by atomic mass is 32.1. The summed E-state index contributed by atoms with van der Waals surface area (Å²) in [6.07, 6.45) is 0. The molecule has 3 heterocycles. The van der Waals surface area contributed by atoms with Crippen molar-refractivity contribution in [1.82, 2.24) is 0 Å². The summed E-state index contributed by atoms with van der Waals surface area (Å²) in [6, 6.07) is 67.1. The van der Waals surface area contributed by atoms with Crippen molar-refractivity contribution in [2.45, 2.75) is 0 Å². The van der Waals surface area contributed by atoms with Crippen LogP contribution in [0.25, 0.3) is 97.1 Å². The van der Waals surface area contributed by atoms with Crippen molar-refractivity contribution in [3.63, 3.8) is 0 Å². The van der Waals surface area contributed by atoms with E-state index in [2.05, 4.69) is 187 Å². The van der Waals surface area contributed by atoms with Crippen LogP contribution in [-0.2, 0) is 0 Å². The van der Waals surface area contributed by atoms with Crippen molar-refractivity contribution < 1.29 is 8.83 Å². The van der Waals surface area contributed by atoms with Crippen LogP contribution in [0.15, 0.2) is 197 Å². The van der Waals surface area contributed by atoms with E-state index in [1.165, 1.54) is 42.1 Å². The third kappa shape index (κ3) is 4.70. The van der Waals surface area contributed by atoms with Crippen LogP contribution in [0.1, 0.15) is 0 Å². The lowest BCUT2D eigenvalue weighted by molar-refractivity contribution is 0.668. The van der Waals surface area contributed by atoms with Crippen LogP contribution in [0.3, 0.4) is 0 Å². The third-order valence-electron chi connectivity index (χ3n) is 11.2. The molecular weight excluding hydrogens is 703 g/mol. The molecule has 3 aromatic heterocycles. The first-order valence-electron chi connectivity index (χ1n) is 18.9. The van der Waals surface area contributed by atoms with Gasteiger partial charge in [0.05, 0.1) is 5.69 Å². The Bertz CT molecular complexity index is 3480. The SMILES string of the molecule is c1ccc(N(c2ccc(-c3cccc4ccccc34)cc2)c2cc(-c3cc4c5ccccc5sc4c4c3oc3ccccc34)cc3c2oc2ccccc23)cc1. The molecule has 262 valence electrons. The lowest BCUT2D eigenvalue weighted by Crippen LogP contribution is -2.10. The molecule has 12 aromatic rings. The van der Waals surface area contributed by atoms with Crippen LogP contribution in [-0.4, -0.2) is 0 Å². The lowest BCUT2D eigenvalue weighted by Gasteiger charge is -2.26. The number of furan rings is 2. The Balaban J connectivity index is 1.14. The van der Waals surface area contributed by atoms with Gasteiger partial charge in [-0.25, -0.2) is 0 Å². The molecule has 0 spiro atoms. The van der Waals surface area contributed by atoms with Gasteiger partial charge in [0.25, 0.3) is 0 Å². The van der Waals surface area contributed by atoms with E-state index < -0.39 is 0 Å². The average molecular weight is 734 g/mol. The fourth-order valence-corrected chi connectivity index (χ4v) is 9.92. The number of benzene rings is 9. The highest BCUT2D eigenvalue weighted by molar-refractivity contribution is 7.26. The minimum atomic E-state index is 0.833. The molecule has 0 aliphatic rings. The molecule has 0 amide bonds. The van der Waals surface area contributed by atoms with Crippen molar-refractivity contribution in [2.75, 3.05) is 4.90 Å². The second-order valence-corrected chi connectivity index (χ2v) is 15.5. The van der Waals surface area contributed by atoms with E-state index in [0.29, 0.717) is 0 Å². The third-order valence-corrected chi connectivity index (χ3v) is 12.4. The maximum Gasteiger partial charge on any atom is 0.159 e. The zero-order valence-corrected chi connectivity index (χ0v) is 30.9. The van der Waals surface area contributed by atoms with Crippen molar-refractivity contribution in [2.24, 2.45) is 0 Å². The largest absolute Gasteiger partial charge is 0.455 e. The number of nitrogens with zero attached hydrogens (tertiary/aromatic N) is 1. The topological polar surface area (TPSA) is 29.5 Å². The Morgan fingerprint density at radius 3 is 1.88 bits per heavy atom. The van der Waals surface area contributed by atoms with Gasteiger partial charge in [-0.05, 0) is 88.1 Å². The first-order chi connectivity index (χ1) is 27.8. The zero-order chi connectivity index (χ0) is 36.7. The second-order valence-electron chi connectivity index (χ2n) is 14.4. The average Bonchev–Trinajstić information content (AvgIpc) is 3.95. The van der Waals surface area contributed by atoms with E-state index in [-0.39, 0.29) is 0 Å². The number of fused-ring (bicyclic) bond motifs is 11. The summed E-state index contributed by atoms with van der Waals surface area (Å²) < 4.78 is 16.2. The van der Waals surface area contributed by atoms with Crippen LogP contribution < -0.4 is 4.90 Å². The Morgan fingerprint density at radius 2 is 1.04 bits per heavy atom. The molecule has 0 N–H and O–H groups in total. The molecule has 0 saturated carbocycles. The molecule has 12 rings (SSSR count). The molecule has 0 atom stereocenters. The Hall–Kier alpha value is -7.14. The molecular formula is C52H31NO2S. The molecule has 56 heavy (non-hydrogen) atoms. The van der Waals surface area contributed by atoms with Gasteiger partial charge in [0.1, 0.15) is 16.7 Å². The van der Waals surface area contributed by atoms with Crippen molar-refractivity contribution in [3.8, 4) is 22.3 Å². The summed E-state index contributed by atoms with van der Waals surface area (Å²) in [5.74, 6) is 0. The molecule has 0 unspecified atom stereocenters. The Kier molecular flexibility index (Phi) is 6.80. The molecule has 0 aliphatic heterocycles. The van der Waals surface area contributed by atoms with Gasteiger partial charge >= 0.3 is 0 Å². The fraction of sp³-hybridized carbons (Fsp3) is 0. The van der Waals surface area contributed by atoms with Crippen molar-refractivity contribution >= 4 is 103 Å². The van der Waals surface area contributed by atoms with Crippen LogP contribution >= 0.6 is 11.3 Å². The molecule has 0 radical (unpaired) electrons. The fourth-order valence-electron chi connectivity index (χ4n) is 8.68. The van der Waals surface area contributed by atoms with E-state index in [1.54, 1.807) is 0 Å². The number of rotatable bonds is 5. The quantitative estimate of drug-likeness (QED) is 0.176. The van der Waals surface area contributed by atoms with E-state index in [1.807, 2.05) is 17.4 Å². The van der Waals surface area contributed by atoms with E-state index >= 15 is 0 Å². The summed E-state index contributed by atoms with van der Waals surface area (Å²) in [5, 5.41) is 9.40. The number of hydrogen-bond acceptors (Lipinski definition) is 4. The first kappa shape index (κ1) is 31.2. The molecule has 0 bridgehead atoms. The number of hydrogen-bond donors (Lipinski definition) is 0. The first-order valence-corrected chi connectivity index (χ1v) is 19.7. The van der Waals surface area contributed by atoms with Gasteiger partial charge < -0.3 is 13.7 Å². The molecule has 0 saturated heterocycles. The van der Waals surface area contributed by atoms with Crippen LogP contribution in [0.2, 0.25) is 0 Å². The van der Waals surface area contributed by atoms with Crippen LogP contribution in [0.4, 0.5) is 17.1 Å². The van der Waals surface area contributed by atoms with Crippen LogP contribution in [0, 0.1) is 0 Å². The normalized spacial score (nSPS) is 11.9. The highest BCUT2D eigenvalue weighted by Gasteiger charge is 2.24. The number of thiophene rings is 1. The summed E-state index contributed by atoms with van der Waals surface area (Å²) >= 11 is 1.84. The standard InChI is InChI=1S/C52H31NO2S/c1-2-15-35(16-3-1)53(36-27-25-33(26-28-36)38-21-12-14-32-13-4-5-17-37(32)38)45-30-34(29-43-39-18-6-9-22-46(39)54-50(43)45)42-31-44-40-19-8-11-24-48(40)56-52(44)49-41-20-7-10-23-47(41)55-51(42)49/h1-31H. The van der Waals surface area contributed by atoms with Crippen molar-refractivity contribution in [3.05, 3.63) is 188 Å². The van der Waals surface area contributed by atoms with Crippen LogP contribution in [0.5, 0.6) is 0 Å². The lowest BCUT2D eigenvalue weighted by atomic mass is 9.96. The number of anilines is 3. The van der Waals surface area contributed by atoms with Crippen molar-refractivity contribution in [1.29, 1.82) is 0 Å². The summed E-state index contributed by atoms with van der Waals surface area (Å²) in [6.45, 7) is 0. The molecule has 0 aliphatic carbocycles. The van der Waals surface area contributed by atoms with E-state index in [9.17, 15) is 0 Å². The minimum Gasteiger partial charge on any atom is -0.455 e. The highest BCUT2D eigenvalue weighted by Crippen LogP contribution is 2.50. The van der Waals surface area contributed by atoms with Gasteiger partial charge in [-0.2, -0.15) is 0 Å². The van der Waals surface area contributed by atoms with E-state index in [4.69, 9.17) is 8.83 Å². The van der Waals surface area contributed by atoms with Gasteiger partial charge in [0.15, 0.2) is 5.58 Å². The van der Waals surface area contributed by atoms with Gasteiger partial charge in [0, 0.05) is 58.7 Å². The van der Waals surface area contributed by atoms with E-state index in [0.717, 1.165) is 72.1 Å².